The molecule has 2 aromatic carbocycles. The summed E-state index contributed by atoms with van der Waals surface area (Å²) in [5.41, 5.74) is 1.40. The van der Waals surface area contributed by atoms with Crippen molar-refractivity contribution < 1.29 is 28.2 Å². The summed E-state index contributed by atoms with van der Waals surface area (Å²) >= 11 is 0. The van der Waals surface area contributed by atoms with Crippen molar-refractivity contribution >= 4 is 6.09 Å². The molecule has 2 atom stereocenters. The summed E-state index contributed by atoms with van der Waals surface area (Å²) in [6, 6.07) is 13.4. The van der Waals surface area contributed by atoms with E-state index in [0.717, 1.165) is 5.56 Å². The van der Waals surface area contributed by atoms with Crippen molar-refractivity contribution in [1.29, 1.82) is 0 Å². The summed E-state index contributed by atoms with van der Waals surface area (Å²) in [5.74, 6) is -1.48. The summed E-state index contributed by atoms with van der Waals surface area (Å²) < 4.78 is 40.1. The number of aromatic nitrogens is 4. The molecule has 12 heteroatoms. The number of likely N-dealkylation sites (tertiary alicyclic amines) is 1. The number of carboxylic acid groups (broad SMARTS) is 1. The van der Waals surface area contributed by atoms with Crippen LogP contribution in [-0.4, -0.2) is 60.5 Å². The Balaban J connectivity index is 1.55. The predicted octanol–water partition coefficient (Wildman–Crippen LogP) is 3.01. The highest BCUT2D eigenvalue weighted by Gasteiger charge is 2.38. The smallest absolute Gasteiger partial charge is 0.453 e. The Morgan fingerprint density at radius 3 is 2.64 bits per heavy atom. The minimum atomic E-state index is -4.74. The van der Waals surface area contributed by atoms with Crippen LogP contribution >= 0.6 is 0 Å². The number of phenols is 1. The van der Waals surface area contributed by atoms with E-state index in [9.17, 15) is 28.2 Å². The number of tetrazole rings is 1. The van der Waals surface area contributed by atoms with E-state index in [2.05, 4.69) is 20.8 Å². The molecule has 0 bridgehead atoms. The molecule has 0 aliphatic carbocycles. The molecular formula is C21H21F3N6O3. The van der Waals surface area contributed by atoms with Gasteiger partial charge in [0.15, 0.2) is 0 Å². The number of rotatable bonds is 5. The van der Waals surface area contributed by atoms with Crippen molar-refractivity contribution in [2.75, 3.05) is 13.1 Å². The Kier molecular flexibility index (Phi) is 6.18. The highest BCUT2D eigenvalue weighted by atomic mass is 19.4. The number of hydrogen-bond acceptors (Lipinski definition) is 6. The molecule has 1 aromatic heterocycles. The number of aromatic hydroxyl groups is 1. The maximum Gasteiger partial charge on any atom is 0.453 e. The summed E-state index contributed by atoms with van der Waals surface area (Å²) in [6.45, 7) is 0.814. The molecule has 0 saturated carbocycles. The van der Waals surface area contributed by atoms with Crippen LogP contribution in [0.25, 0.3) is 5.69 Å². The number of nitrogens with one attached hydrogen (secondary N) is 1. The van der Waals surface area contributed by atoms with Crippen molar-refractivity contribution in [3.05, 3.63) is 65.5 Å². The van der Waals surface area contributed by atoms with Crippen LogP contribution in [0.2, 0.25) is 0 Å². The lowest BCUT2D eigenvalue weighted by Crippen LogP contribution is -2.49. The Bertz CT molecular complexity index is 1120. The molecule has 1 aliphatic heterocycles. The second-order valence-corrected chi connectivity index (χ2v) is 7.75. The van der Waals surface area contributed by atoms with Gasteiger partial charge in [-0.05, 0) is 40.6 Å². The van der Waals surface area contributed by atoms with E-state index in [1.165, 1.54) is 23.1 Å². The number of alkyl halides is 3. The fourth-order valence-corrected chi connectivity index (χ4v) is 4.03. The van der Waals surface area contributed by atoms with Crippen LogP contribution in [-0.2, 0) is 12.7 Å². The number of piperidine rings is 1. The Hall–Kier alpha value is -3.67. The Morgan fingerprint density at radius 1 is 1.18 bits per heavy atom. The van der Waals surface area contributed by atoms with E-state index in [1.54, 1.807) is 0 Å². The Morgan fingerprint density at radius 2 is 1.94 bits per heavy atom. The zero-order chi connectivity index (χ0) is 23.6. The summed E-state index contributed by atoms with van der Waals surface area (Å²) in [7, 11) is 0. The number of amides is 1. The minimum Gasteiger partial charge on any atom is -0.508 e. The van der Waals surface area contributed by atoms with Gasteiger partial charge in [0.05, 0.1) is 5.69 Å². The SMILES string of the molecule is O=C(O)N1CC[C@H](NCc2cc(-n3nnnc3C(F)(F)F)ccc2O)C(c2ccccc2)C1. The van der Waals surface area contributed by atoms with Gasteiger partial charge < -0.3 is 20.4 Å². The topological polar surface area (TPSA) is 116 Å². The van der Waals surface area contributed by atoms with Crippen molar-refractivity contribution in [2.24, 2.45) is 0 Å². The van der Waals surface area contributed by atoms with Gasteiger partial charge >= 0.3 is 12.3 Å². The zero-order valence-electron chi connectivity index (χ0n) is 17.3. The fourth-order valence-electron chi connectivity index (χ4n) is 4.03. The number of benzene rings is 2. The second kappa shape index (κ2) is 9.06. The maximum atomic E-state index is 13.2. The van der Waals surface area contributed by atoms with E-state index in [4.69, 9.17) is 0 Å². The molecule has 1 saturated heterocycles. The quantitative estimate of drug-likeness (QED) is 0.534. The predicted molar refractivity (Wildman–Crippen MR) is 110 cm³/mol. The molecule has 1 unspecified atom stereocenters. The number of hydrogen-bond donors (Lipinski definition) is 3. The Labute approximate surface area is 186 Å². The third-order valence-corrected chi connectivity index (χ3v) is 5.70. The summed E-state index contributed by atoms with van der Waals surface area (Å²) in [5, 5.41) is 32.6. The molecule has 1 fully saturated rings. The van der Waals surface area contributed by atoms with Gasteiger partial charge in [0.25, 0.3) is 5.82 Å². The largest absolute Gasteiger partial charge is 0.508 e. The standard InChI is InChI=1S/C21H21F3N6O3/c22-21(23,24)19-26-27-28-30(19)15-6-7-18(31)14(10-15)11-25-17-8-9-29(20(32)33)12-16(17)13-4-2-1-3-5-13/h1-7,10,16-17,25,31H,8-9,11-12H2,(H,32,33)/t16?,17-/m0/s1. The summed E-state index contributed by atoms with van der Waals surface area (Å²) in [4.78, 5) is 12.8. The molecule has 33 heavy (non-hydrogen) atoms. The van der Waals surface area contributed by atoms with E-state index in [-0.39, 0.29) is 29.9 Å². The van der Waals surface area contributed by atoms with Crippen LogP contribution < -0.4 is 5.32 Å². The van der Waals surface area contributed by atoms with Crippen LogP contribution in [0.3, 0.4) is 0 Å². The van der Waals surface area contributed by atoms with Gasteiger partial charge in [0.1, 0.15) is 5.75 Å². The minimum absolute atomic E-state index is 0.0576. The average molecular weight is 462 g/mol. The van der Waals surface area contributed by atoms with Crippen LogP contribution in [0.15, 0.2) is 48.5 Å². The van der Waals surface area contributed by atoms with Crippen LogP contribution in [0.1, 0.15) is 29.3 Å². The van der Waals surface area contributed by atoms with E-state index >= 15 is 0 Å². The molecule has 3 aromatic rings. The highest BCUT2D eigenvalue weighted by molar-refractivity contribution is 5.65. The monoisotopic (exact) mass is 462 g/mol. The number of carbonyl (C=O) groups is 1. The molecule has 4 rings (SSSR count). The third-order valence-electron chi connectivity index (χ3n) is 5.70. The lowest BCUT2D eigenvalue weighted by atomic mass is 9.86. The third kappa shape index (κ3) is 4.90. The van der Waals surface area contributed by atoms with Crippen molar-refractivity contribution in [2.45, 2.75) is 31.1 Å². The fraction of sp³-hybridized carbons (Fsp3) is 0.333. The van der Waals surface area contributed by atoms with E-state index < -0.39 is 18.1 Å². The molecule has 0 spiro atoms. The number of nitrogens with zero attached hydrogens (tertiary/aromatic N) is 5. The van der Waals surface area contributed by atoms with Crippen molar-refractivity contribution in [3.63, 3.8) is 0 Å². The van der Waals surface area contributed by atoms with E-state index in [0.29, 0.717) is 29.8 Å². The van der Waals surface area contributed by atoms with Gasteiger partial charge in [0.2, 0.25) is 0 Å². The van der Waals surface area contributed by atoms with Crippen molar-refractivity contribution in [1.82, 2.24) is 30.4 Å². The first-order valence-corrected chi connectivity index (χ1v) is 10.2. The molecular weight excluding hydrogens is 441 g/mol. The molecule has 174 valence electrons. The van der Waals surface area contributed by atoms with Gasteiger partial charge in [-0.1, -0.05) is 30.3 Å². The molecule has 1 amide bonds. The zero-order valence-corrected chi connectivity index (χ0v) is 17.3. The van der Waals surface area contributed by atoms with Gasteiger partial charge in [-0.25, -0.2) is 4.79 Å². The lowest BCUT2D eigenvalue weighted by molar-refractivity contribution is -0.146. The molecule has 1 aliphatic rings. The first kappa shape index (κ1) is 22.5. The number of phenolic OH excluding ortho intramolecular Hbond substituents is 1. The first-order chi connectivity index (χ1) is 15.7. The van der Waals surface area contributed by atoms with Crippen LogP contribution in [0, 0.1) is 0 Å². The first-order valence-electron chi connectivity index (χ1n) is 10.2. The van der Waals surface area contributed by atoms with Crippen LogP contribution in [0.5, 0.6) is 5.75 Å². The molecule has 2 heterocycles. The normalized spacial score (nSPS) is 18.9. The van der Waals surface area contributed by atoms with Gasteiger partial charge in [-0.2, -0.15) is 17.9 Å². The molecule has 9 nitrogen and oxygen atoms in total. The molecule has 3 N–H and O–H groups in total. The van der Waals surface area contributed by atoms with Crippen molar-refractivity contribution in [3.8, 4) is 11.4 Å². The lowest BCUT2D eigenvalue weighted by Gasteiger charge is -2.38. The van der Waals surface area contributed by atoms with E-state index in [1.807, 2.05) is 30.3 Å². The maximum absolute atomic E-state index is 13.2. The average Bonchev–Trinajstić information content (AvgIpc) is 3.30. The number of halogens is 3. The second-order valence-electron chi connectivity index (χ2n) is 7.75. The van der Waals surface area contributed by atoms with Gasteiger partial charge in [-0.3, -0.25) is 0 Å². The highest BCUT2D eigenvalue weighted by Crippen LogP contribution is 2.31. The van der Waals surface area contributed by atoms with Gasteiger partial charge in [0, 0.05) is 37.2 Å². The van der Waals surface area contributed by atoms with Crippen LogP contribution in [0.4, 0.5) is 18.0 Å². The molecule has 0 radical (unpaired) electrons. The van der Waals surface area contributed by atoms with Gasteiger partial charge in [-0.15, -0.1) is 5.10 Å². The summed E-state index contributed by atoms with van der Waals surface area (Å²) in [6.07, 6.45) is -5.18.